The zero-order valence-corrected chi connectivity index (χ0v) is 11.5. The number of nitrogens with one attached hydrogen (secondary N) is 1. The number of halogens is 1. The van der Waals surface area contributed by atoms with Gasteiger partial charge in [-0.1, -0.05) is 11.6 Å². The van der Waals surface area contributed by atoms with E-state index in [2.05, 4.69) is 5.32 Å². The molecule has 1 atom stereocenters. The molecule has 2 N–H and O–H groups in total. The van der Waals surface area contributed by atoms with Crippen LogP contribution in [-0.4, -0.2) is 29.4 Å². The molecule has 1 aliphatic rings. The van der Waals surface area contributed by atoms with Crippen LogP contribution in [0, 0.1) is 5.92 Å². The molecule has 0 saturated carbocycles. The highest BCUT2D eigenvalue weighted by molar-refractivity contribution is 6.34. The molecule has 1 aromatic carbocycles. The van der Waals surface area contributed by atoms with Crippen LogP contribution in [0.5, 0.6) is 0 Å². The van der Waals surface area contributed by atoms with Crippen molar-refractivity contribution in [1.29, 1.82) is 0 Å². The summed E-state index contributed by atoms with van der Waals surface area (Å²) in [5.41, 5.74) is 0.912. The highest BCUT2D eigenvalue weighted by Gasteiger charge is 2.35. The summed E-state index contributed by atoms with van der Waals surface area (Å²) in [5.74, 6) is -2.27. The van der Waals surface area contributed by atoms with E-state index in [9.17, 15) is 14.4 Å². The first kappa shape index (κ1) is 14.3. The minimum atomic E-state index is -1.00. The number of carbonyl (C=O) groups is 3. The summed E-state index contributed by atoms with van der Waals surface area (Å²) in [6, 6.07) is 4.73. The molecule has 0 bridgehead atoms. The third-order valence-corrected chi connectivity index (χ3v) is 3.35. The van der Waals surface area contributed by atoms with Gasteiger partial charge in [-0.3, -0.25) is 14.4 Å². The van der Waals surface area contributed by atoms with Crippen molar-refractivity contribution >= 4 is 40.8 Å². The first-order valence-corrected chi connectivity index (χ1v) is 6.36. The average Bonchev–Trinajstić information content (AvgIpc) is 2.73. The second kappa shape index (κ2) is 5.50. The fourth-order valence-corrected chi connectivity index (χ4v) is 2.33. The Morgan fingerprint density at radius 1 is 1.45 bits per heavy atom. The van der Waals surface area contributed by atoms with Crippen LogP contribution in [0.15, 0.2) is 18.2 Å². The van der Waals surface area contributed by atoms with Gasteiger partial charge < -0.3 is 15.3 Å². The van der Waals surface area contributed by atoms with E-state index >= 15 is 0 Å². The highest BCUT2D eigenvalue weighted by atomic mass is 35.5. The van der Waals surface area contributed by atoms with Gasteiger partial charge in [-0.15, -0.1) is 0 Å². The summed E-state index contributed by atoms with van der Waals surface area (Å²) < 4.78 is 0. The monoisotopic (exact) mass is 296 g/mol. The Kier molecular flexibility index (Phi) is 3.94. The summed E-state index contributed by atoms with van der Waals surface area (Å²) in [5, 5.41) is 11.9. The predicted octanol–water partition coefficient (Wildman–Crippen LogP) is 1.74. The molecule has 1 heterocycles. The van der Waals surface area contributed by atoms with E-state index in [1.165, 1.54) is 11.8 Å². The molecule has 106 valence electrons. The number of carboxylic acids is 1. The Hall–Kier alpha value is -2.08. The molecular weight excluding hydrogens is 284 g/mol. The van der Waals surface area contributed by atoms with E-state index < -0.39 is 11.9 Å². The van der Waals surface area contributed by atoms with Crippen LogP contribution in [0.4, 0.5) is 11.4 Å². The molecule has 1 aliphatic heterocycles. The average molecular weight is 297 g/mol. The van der Waals surface area contributed by atoms with Crippen molar-refractivity contribution in [3.05, 3.63) is 23.2 Å². The number of carbonyl (C=O) groups excluding carboxylic acids is 2. The lowest BCUT2D eigenvalue weighted by molar-refractivity contribution is -0.141. The van der Waals surface area contributed by atoms with Gasteiger partial charge >= 0.3 is 5.97 Å². The van der Waals surface area contributed by atoms with Gasteiger partial charge in [0.1, 0.15) is 0 Å². The lowest BCUT2D eigenvalue weighted by Crippen LogP contribution is -2.26. The quantitative estimate of drug-likeness (QED) is 0.889. The molecule has 0 spiro atoms. The number of hydrogen-bond donors (Lipinski definition) is 2. The molecule has 20 heavy (non-hydrogen) atoms. The van der Waals surface area contributed by atoms with Gasteiger partial charge in [0, 0.05) is 25.6 Å². The molecule has 1 unspecified atom stereocenters. The number of aliphatic carboxylic acids is 1. The molecule has 2 rings (SSSR count). The summed E-state index contributed by atoms with van der Waals surface area (Å²) in [6.45, 7) is 1.45. The van der Waals surface area contributed by atoms with Gasteiger partial charge in [-0.25, -0.2) is 0 Å². The fourth-order valence-electron chi connectivity index (χ4n) is 2.11. The number of hydrogen-bond acceptors (Lipinski definition) is 3. The van der Waals surface area contributed by atoms with Crippen molar-refractivity contribution < 1.29 is 19.5 Å². The largest absolute Gasteiger partial charge is 0.481 e. The van der Waals surface area contributed by atoms with Gasteiger partial charge in [-0.05, 0) is 18.2 Å². The van der Waals surface area contributed by atoms with Crippen LogP contribution >= 0.6 is 11.6 Å². The van der Waals surface area contributed by atoms with Crippen molar-refractivity contribution in [2.75, 3.05) is 16.8 Å². The minimum absolute atomic E-state index is 0.0456. The van der Waals surface area contributed by atoms with E-state index in [0.717, 1.165) is 0 Å². The molecule has 1 saturated heterocycles. The van der Waals surface area contributed by atoms with Gasteiger partial charge in [0.2, 0.25) is 11.8 Å². The molecular formula is C13H13ClN2O4. The Labute approximate surface area is 120 Å². The number of nitrogens with zero attached hydrogens (tertiary/aromatic N) is 1. The van der Waals surface area contributed by atoms with Crippen molar-refractivity contribution in [3.63, 3.8) is 0 Å². The third kappa shape index (κ3) is 2.91. The minimum Gasteiger partial charge on any atom is -0.481 e. The molecule has 1 aromatic rings. The van der Waals surface area contributed by atoms with Crippen molar-refractivity contribution in [2.45, 2.75) is 13.3 Å². The van der Waals surface area contributed by atoms with E-state index in [4.69, 9.17) is 16.7 Å². The standard InChI is InChI=1S/C13H13ClN2O4/c1-7(17)15-9-2-3-10(14)11(5-9)16-6-8(13(19)20)4-12(16)18/h2-3,5,8H,4,6H2,1H3,(H,15,17)(H,19,20). The Bertz CT molecular complexity index is 588. The van der Waals surface area contributed by atoms with E-state index in [0.29, 0.717) is 16.4 Å². The van der Waals surface area contributed by atoms with Crippen LogP contribution in [0.2, 0.25) is 5.02 Å². The Balaban J connectivity index is 2.30. The maximum Gasteiger partial charge on any atom is 0.308 e. The van der Waals surface area contributed by atoms with Crippen LogP contribution < -0.4 is 10.2 Å². The lowest BCUT2D eigenvalue weighted by atomic mass is 10.1. The predicted molar refractivity (Wildman–Crippen MR) is 73.9 cm³/mol. The number of rotatable bonds is 3. The Morgan fingerprint density at radius 3 is 2.70 bits per heavy atom. The molecule has 0 aromatic heterocycles. The first-order valence-electron chi connectivity index (χ1n) is 5.99. The van der Waals surface area contributed by atoms with E-state index in [1.54, 1.807) is 18.2 Å². The second-order valence-corrected chi connectivity index (χ2v) is 5.00. The van der Waals surface area contributed by atoms with Gasteiger partial charge in [0.15, 0.2) is 0 Å². The lowest BCUT2D eigenvalue weighted by Gasteiger charge is -2.18. The number of carboxylic acid groups (broad SMARTS) is 1. The van der Waals surface area contributed by atoms with Crippen molar-refractivity contribution in [3.8, 4) is 0 Å². The van der Waals surface area contributed by atoms with Gasteiger partial charge in [0.05, 0.1) is 16.6 Å². The molecule has 1 fully saturated rings. The fraction of sp³-hybridized carbons (Fsp3) is 0.308. The molecule has 7 heteroatoms. The van der Waals surface area contributed by atoms with Crippen molar-refractivity contribution in [2.24, 2.45) is 5.92 Å². The molecule has 6 nitrogen and oxygen atoms in total. The zero-order valence-electron chi connectivity index (χ0n) is 10.7. The third-order valence-electron chi connectivity index (χ3n) is 3.03. The number of amides is 2. The van der Waals surface area contributed by atoms with E-state index in [-0.39, 0.29) is 24.8 Å². The molecule has 2 amide bonds. The summed E-state index contributed by atoms with van der Waals surface area (Å²) in [4.78, 5) is 35.2. The normalized spacial score (nSPS) is 18.2. The van der Waals surface area contributed by atoms with Crippen molar-refractivity contribution in [1.82, 2.24) is 0 Å². The Morgan fingerprint density at radius 2 is 2.15 bits per heavy atom. The number of anilines is 2. The van der Waals surface area contributed by atoms with Gasteiger partial charge in [-0.2, -0.15) is 0 Å². The summed E-state index contributed by atoms with van der Waals surface area (Å²) in [7, 11) is 0. The van der Waals surface area contributed by atoms with Crippen LogP contribution in [0.1, 0.15) is 13.3 Å². The van der Waals surface area contributed by atoms with Gasteiger partial charge in [0.25, 0.3) is 0 Å². The van der Waals surface area contributed by atoms with E-state index in [1.807, 2.05) is 0 Å². The molecule has 0 radical (unpaired) electrons. The van der Waals surface area contributed by atoms with Crippen LogP contribution in [0.25, 0.3) is 0 Å². The van der Waals surface area contributed by atoms with Crippen LogP contribution in [-0.2, 0) is 14.4 Å². The maximum atomic E-state index is 11.9. The zero-order chi connectivity index (χ0) is 14.9. The molecule has 0 aliphatic carbocycles. The maximum absolute atomic E-state index is 11.9. The smallest absolute Gasteiger partial charge is 0.308 e. The highest BCUT2D eigenvalue weighted by Crippen LogP contribution is 2.33. The first-order chi connectivity index (χ1) is 9.38. The SMILES string of the molecule is CC(=O)Nc1ccc(Cl)c(N2CC(C(=O)O)CC2=O)c1. The summed E-state index contributed by atoms with van der Waals surface area (Å²) >= 11 is 6.05. The van der Waals surface area contributed by atoms with Crippen LogP contribution in [0.3, 0.4) is 0 Å². The topological polar surface area (TPSA) is 86.7 Å². The second-order valence-electron chi connectivity index (χ2n) is 4.59. The summed E-state index contributed by atoms with van der Waals surface area (Å²) in [6.07, 6.45) is -0.0456. The number of benzene rings is 1.